The number of aromatic amines is 1. The van der Waals surface area contributed by atoms with Gasteiger partial charge in [0.2, 0.25) is 47.3 Å². The molecule has 2 aliphatic heterocycles. The van der Waals surface area contributed by atoms with E-state index in [4.69, 9.17) is 17.2 Å². The molecule has 16 N–H and O–H groups in total. The van der Waals surface area contributed by atoms with Crippen molar-refractivity contribution in [1.29, 1.82) is 0 Å². The summed E-state index contributed by atoms with van der Waals surface area (Å²) in [4.78, 5) is 115. The zero-order valence-electron chi connectivity index (χ0n) is 39.3. The SMILES string of the molecule is C[C@@H](O)[C@@H]1NC(=O)C(CCCCN)NC(=O)[C@@H](Cc2c[nH]c3ccccc23)NC(=O)[C@H](Cc2ccccc2)NC(=O)C(NC(=O)[C@@H]2CCCN2)CSSC[C@@H](C(=O)N[C@@H](CCCCN)C(N)=O)NC1=O. The molecule has 5 rings (SSSR count). The van der Waals surface area contributed by atoms with Crippen molar-refractivity contribution in [3.8, 4) is 0 Å². The zero-order chi connectivity index (χ0) is 50.6. The second-order valence-corrected chi connectivity index (χ2v) is 20.1. The van der Waals surface area contributed by atoms with E-state index in [0.717, 1.165) is 38.9 Å². The maximum Gasteiger partial charge on any atom is 0.245 e. The van der Waals surface area contributed by atoms with Crippen molar-refractivity contribution < 1.29 is 43.5 Å². The van der Waals surface area contributed by atoms with E-state index < -0.39 is 102 Å². The van der Waals surface area contributed by atoms with Gasteiger partial charge in [-0.05, 0) is 95.1 Å². The largest absolute Gasteiger partial charge is 0.391 e. The lowest BCUT2D eigenvalue weighted by atomic mass is 10.0. The number of hydrogen-bond acceptors (Lipinski definition) is 14. The lowest BCUT2D eigenvalue weighted by molar-refractivity contribution is -0.136. The number of hydrogen-bond donors (Lipinski definition) is 13. The van der Waals surface area contributed by atoms with Crippen molar-refractivity contribution in [3.05, 3.63) is 71.9 Å². The van der Waals surface area contributed by atoms with Crippen molar-refractivity contribution in [2.24, 2.45) is 17.2 Å². The molecule has 2 fully saturated rings. The number of fused-ring (bicyclic) bond motifs is 1. The minimum Gasteiger partial charge on any atom is -0.391 e. The number of nitrogens with one attached hydrogen (secondary N) is 9. The molecule has 70 heavy (non-hydrogen) atoms. The third-order valence-corrected chi connectivity index (χ3v) is 14.5. The Bertz CT molecular complexity index is 2250. The van der Waals surface area contributed by atoms with Crippen LogP contribution >= 0.6 is 21.6 Å². The predicted octanol–water partition coefficient (Wildman–Crippen LogP) is -1.38. The fourth-order valence-corrected chi connectivity index (χ4v) is 10.4. The highest BCUT2D eigenvalue weighted by molar-refractivity contribution is 8.76. The molecular formula is C47H68N12O9S2. The monoisotopic (exact) mass is 1010 g/mol. The standard InChI is InChI=1S/C47H68N12O9S2/c1-27(60)39-47(68)58-38(45(66)53-32(40(50)61)16-7-9-19-48)26-70-69-25-37(57-41(62)33-18-11-21-51-33)46(67)55-35(22-28-12-3-2-4-13-28)43(64)56-36(23-29-24-52-31-15-6-5-14-30(29)31)44(65)54-34(42(63)59-39)17-8-10-20-49/h2-6,12-15,24,27,32-39,51-52,60H,7-11,16-23,25-26,48-49H2,1H3,(H2,50,61)(H,53,66)(H,54,65)(H,55,67)(H,56,64)(H,57,62)(H,58,68)(H,59,63)/t27-,32+,33+,34?,35+,36-,37?,38+,39+/m1/s1. The van der Waals surface area contributed by atoms with Crippen LogP contribution < -0.4 is 59.7 Å². The number of unbranched alkanes of at least 4 members (excludes halogenated alkanes) is 2. The van der Waals surface area contributed by atoms with Crippen LogP contribution in [0.15, 0.2) is 60.8 Å². The van der Waals surface area contributed by atoms with Crippen LogP contribution in [0.2, 0.25) is 0 Å². The summed E-state index contributed by atoms with van der Waals surface area (Å²) in [6.45, 7) is 2.50. The van der Waals surface area contributed by atoms with Crippen LogP contribution in [0.25, 0.3) is 10.9 Å². The lowest BCUT2D eigenvalue weighted by Crippen LogP contribution is -2.62. The molecule has 0 spiro atoms. The van der Waals surface area contributed by atoms with Gasteiger partial charge in [-0.1, -0.05) is 70.1 Å². The van der Waals surface area contributed by atoms with Gasteiger partial charge in [-0.2, -0.15) is 0 Å². The van der Waals surface area contributed by atoms with Crippen LogP contribution in [0.4, 0.5) is 0 Å². The molecule has 382 valence electrons. The average Bonchev–Trinajstić information content (AvgIpc) is 4.04. The van der Waals surface area contributed by atoms with Gasteiger partial charge in [-0.25, -0.2) is 0 Å². The van der Waals surface area contributed by atoms with E-state index in [9.17, 15) is 43.5 Å². The predicted molar refractivity (Wildman–Crippen MR) is 268 cm³/mol. The first kappa shape index (κ1) is 55.2. The highest BCUT2D eigenvalue weighted by Gasteiger charge is 2.37. The molecule has 8 amide bonds. The van der Waals surface area contributed by atoms with Gasteiger partial charge < -0.3 is 69.8 Å². The van der Waals surface area contributed by atoms with E-state index in [1.165, 1.54) is 6.92 Å². The number of benzene rings is 2. The van der Waals surface area contributed by atoms with Crippen LogP contribution in [-0.2, 0) is 51.2 Å². The van der Waals surface area contributed by atoms with Gasteiger partial charge in [0.05, 0.1) is 12.1 Å². The Morgan fingerprint density at radius 1 is 0.729 bits per heavy atom. The number of nitrogens with two attached hydrogens (primary N) is 3. The number of rotatable bonds is 18. The second-order valence-electron chi connectivity index (χ2n) is 17.5. The molecule has 2 aliphatic rings. The molecule has 9 atom stereocenters. The third-order valence-electron chi connectivity index (χ3n) is 12.1. The number of carbonyl (C=O) groups excluding carboxylic acids is 8. The van der Waals surface area contributed by atoms with E-state index >= 15 is 0 Å². The summed E-state index contributed by atoms with van der Waals surface area (Å²) < 4.78 is 0. The Morgan fingerprint density at radius 2 is 1.37 bits per heavy atom. The molecule has 0 bridgehead atoms. The van der Waals surface area contributed by atoms with Crippen LogP contribution in [-0.4, -0.2) is 143 Å². The Balaban J connectivity index is 1.55. The first-order chi connectivity index (χ1) is 33.7. The Morgan fingerprint density at radius 3 is 2.06 bits per heavy atom. The summed E-state index contributed by atoms with van der Waals surface area (Å²) in [5.74, 6) is -6.29. The van der Waals surface area contributed by atoms with Crippen molar-refractivity contribution >= 4 is 79.7 Å². The molecule has 2 unspecified atom stereocenters. The maximum absolute atomic E-state index is 14.7. The Labute approximate surface area is 415 Å². The summed E-state index contributed by atoms with van der Waals surface area (Å²) in [5.41, 5.74) is 19.2. The number of primary amides is 1. The van der Waals surface area contributed by atoms with Crippen molar-refractivity contribution in [3.63, 3.8) is 0 Å². The Kier molecular flexibility index (Phi) is 22.2. The zero-order valence-corrected chi connectivity index (χ0v) is 41.0. The van der Waals surface area contributed by atoms with Crippen LogP contribution in [0, 0.1) is 0 Å². The molecule has 1 aromatic heterocycles. The fraction of sp³-hybridized carbons (Fsp3) is 0.532. The van der Waals surface area contributed by atoms with Gasteiger partial charge in [0.1, 0.15) is 42.3 Å². The van der Waals surface area contributed by atoms with Crippen molar-refractivity contribution in [1.82, 2.24) is 47.5 Å². The van der Waals surface area contributed by atoms with E-state index in [-0.39, 0.29) is 43.7 Å². The average molecular weight is 1010 g/mol. The molecule has 0 saturated carbocycles. The molecule has 21 nitrogen and oxygen atoms in total. The van der Waals surface area contributed by atoms with Crippen LogP contribution in [0.5, 0.6) is 0 Å². The van der Waals surface area contributed by atoms with Gasteiger partial charge in [0, 0.05) is 41.4 Å². The smallest absolute Gasteiger partial charge is 0.245 e. The number of para-hydroxylation sites is 1. The van der Waals surface area contributed by atoms with Gasteiger partial charge in [0.25, 0.3) is 0 Å². The molecule has 3 aromatic rings. The van der Waals surface area contributed by atoms with Gasteiger partial charge in [-0.3, -0.25) is 38.4 Å². The number of aliphatic hydroxyl groups is 1. The number of amides is 8. The van der Waals surface area contributed by atoms with E-state index in [0.29, 0.717) is 56.3 Å². The van der Waals surface area contributed by atoms with Crippen molar-refractivity contribution in [2.75, 3.05) is 31.1 Å². The molecule has 3 heterocycles. The summed E-state index contributed by atoms with van der Waals surface area (Å²) in [5, 5.41) is 33.9. The third kappa shape index (κ3) is 16.7. The van der Waals surface area contributed by atoms with Gasteiger partial charge in [0.15, 0.2) is 0 Å². The molecule has 0 radical (unpaired) electrons. The summed E-state index contributed by atoms with van der Waals surface area (Å²) in [7, 11) is 2.15. The van der Waals surface area contributed by atoms with Gasteiger partial charge >= 0.3 is 0 Å². The molecule has 23 heteroatoms. The minimum atomic E-state index is -1.65. The van der Waals surface area contributed by atoms with E-state index in [1.54, 1.807) is 36.5 Å². The number of H-pyrrole nitrogens is 1. The number of aliphatic hydroxyl groups excluding tert-OH is 1. The van der Waals surface area contributed by atoms with Crippen LogP contribution in [0.1, 0.15) is 69.4 Å². The summed E-state index contributed by atoms with van der Waals surface area (Å²) >= 11 is 0. The topological polar surface area (TPSA) is 347 Å². The molecule has 2 aromatic carbocycles. The van der Waals surface area contributed by atoms with E-state index in [1.807, 2.05) is 24.3 Å². The fourth-order valence-electron chi connectivity index (χ4n) is 8.12. The molecule has 0 aliphatic carbocycles. The highest BCUT2D eigenvalue weighted by atomic mass is 33.1. The second kappa shape index (κ2) is 28.2. The first-order valence-electron chi connectivity index (χ1n) is 23.8. The number of carbonyl (C=O) groups is 8. The quantitative estimate of drug-likeness (QED) is 0.0516. The summed E-state index contributed by atoms with van der Waals surface area (Å²) in [6.07, 6.45) is 3.49. The lowest BCUT2D eigenvalue weighted by Gasteiger charge is -2.29. The number of aromatic nitrogens is 1. The van der Waals surface area contributed by atoms with Gasteiger partial charge in [-0.15, -0.1) is 0 Å². The summed E-state index contributed by atoms with van der Waals surface area (Å²) in [6, 6.07) is 6.47. The first-order valence-corrected chi connectivity index (χ1v) is 26.2. The van der Waals surface area contributed by atoms with Crippen molar-refractivity contribution in [2.45, 2.75) is 126 Å². The normalized spacial score (nSPS) is 24.2. The molecule has 2 saturated heterocycles. The van der Waals surface area contributed by atoms with Crippen LogP contribution in [0.3, 0.4) is 0 Å². The Hall–Kier alpha value is -5.72. The minimum absolute atomic E-state index is 0.00750. The molecular weight excluding hydrogens is 941 g/mol. The maximum atomic E-state index is 14.7. The van der Waals surface area contributed by atoms with E-state index in [2.05, 4.69) is 47.5 Å². The highest BCUT2D eigenvalue weighted by Crippen LogP contribution is 2.24.